The molecule has 0 spiro atoms. The van der Waals surface area contributed by atoms with Gasteiger partial charge in [-0.05, 0) is 55.5 Å². The molecule has 1 N–H and O–H groups in total. The second kappa shape index (κ2) is 10.1. The third-order valence-electron chi connectivity index (χ3n) is 5.59. The van der Waals surface area contributed by atoms with Gasteiger partial charge in [0, 0.05) is 25.6 Å². The number of hydrogen-bond donors (Lipinski definition) is 1. The largest absolute Gasteiger partial charge is 0.493 e. The summed E-state index contributed by atoms with van der Waals surface area (Å²) in [6.45, 7) is 6.30. The highest BCUT2D eigenvalue weighted by Gasteiger charge is 2.27. The van der Waals surface area contributed by atoms with Crippen molar-refractivity contribution in [1.82, 2.24) is 10.2 Å². The minimum Gasteiger partial charge on any atom is -0.493 e. The standard InChI is InChI=1S/C24H30N2O3/c1-18-8-9-22(16-19(18)2)29-15-12-23(27)26-13-10-21(11-14-26)24(28)25-17-20-6-4-3-5-7-20/h3-9,16,21H,10-15,17H2,1-2H3,(H,25,28). The van der Waals surface area contributed by atoms with Gasteiger partial charge in [0.25, 0.3) is 0 Å². The monoisotopic (exact) mass is 394 g/mol. The van der Waals surface area contributed by atoms with Gasteiger partial charge in [-0.25, -0.2) is 0 Å². The summed E-state index contributed by atoms with van der Waals surface area (Å²) in [6.07, 6.45) is 1.78. The number of likely N-dealkylation sites (tertiary alicyclic amines) is 1. The fourth-order valence-electron chi connectivity index (χ4n) is 3.54. The molecule has 2 aromatic rings. The number of ether oxygens (including phenoxy) is 1. The predicted octanol–water partition coefficient (Wildman–Crippen LogP) is 3.63. The van der Waals surface area contributed by atoms with Gasteiger partial charge >= 0.3 is 0 Å². The van der Waals surface area contributed by atoms with E-state index < -0.39 is 0 Å². The molecule has 0 atom stereocenters. The minimum absolute atomic E-state index is 0.0189. The van der Waals surface area contributed by atoms with Gasteiger partial charge < -0.3 is 15.0 Å². The molecule has 2 amide bonds. The lowest BCUT2D eigenvalue weighted by atomic mass is 9.95. The van der Waals surface area contributed by atoms with Crippen LogP contribution in [-0.2, 0) is 16.1 Å². The zero-order valence-electron chi connectivity index (χ0n) is 17.3. The Morgan fingerprint density at radius 3 is 2.45 bits per heavy atom. The van der Waals surface area contributed by atoms with E-state index in [9.17, 15) is 9.59 Å². The van der Waals surface area contributed by atoms with Gasteiger partial charge in [0.05, 0.1) is 13.0 Å². The van der Waals surface area contributed by atoms with Crippen LogP contribution in [0.2, 0.25) is 0 Å². The normalized spacial score (nSPS) is 14.5. The molecule has 0 aliphatic carbocycles. The maximum absolute atomic E-state index is 12.4. The van der Waals surface area contributed by atoms with Gasteiger partial charge in [-0.3, -0.25) is 9.59 Å². The number of rotatable bonds is 7. The molecule has 0 unspecified atom stereocenters. The average molecular weight is 395 g/mol. The first-order chi connectivity index (χ1) is 14.0. The highest BCUT2D eigenvalue weighted by atomic mass is 16.5. The minimum atomic E-state index is -0.0189. The fraction of sp³-hybridized carbons (Fsp3) is 0.417. The van der Waals surface area contributed by atoms with E-state index in [0.717, 1.165) is 11.3 Å². The van der Waals surface area contributed by atoms with Crippen LogP contribution in [0.4, 0.5) is 0 Å². The SMILES string of the molecule is Cc1ccc(OCCC(=O)N2CCC(C(=O)NCc3ccccc3)CC2)cc1C. The first-order valence-electron chi connectivity index (χ1n) is 10.3. The molecule has 29 heavy (non-hydrogen) atoms. The van der Waals surface area contributed by atoms with E-state index in [1.165, 1.54) is 11.1 Å². The Labute approximate surface area is 173 Å². The average Bonchev–Trinajstić information content (AvgIpc) is 2.75. The highest BCUT2D eigenvalue weighted by Crippen LogP contribution is 2.19. The van der Waals surface area contributed by atoms with Crippen molar-refractivity contribution in [2.75, 3.05) is 19.7 Å². The maximum atomic E-state index is 12.4. The number of aryl methyl sites for hydroxylation is 2. The van der Waals surface area contributed by atoms with Crippen molar-refractivity contribution in [3.05, 3.63) is 65.2 Å². The summed E-state index contributed by atoms with van der Waals surface area (Å²) in [6, 6.07) is 15.9. The number of piperidine rings is 1. The van der Waals surface area contributed by atoms with Crippen LogP contribution in [0.25, 0.3) is 0 Å². The summed E-state index contributed by atoms with van der Waals surface area (Å²) in [5.41, 5.74) is 3.50. The van der Waals surface area contributed by atoms with Crippen LogP contribution in [0.15, 0.2) is 48.5 Å². The fourth-order valence-corrected chi connectivity index (χ4v) is 3.54. The lowest BCUT2D eigenvalue weighted by Gasteiger charge is -2.31. The zero-order chi connectivity index (χ0) is 20.6. The Bertz CT molecular complexity index is 827. The molecule has 1 aliphatic rings. The molecule has 3 rings (SSSR count). The van der Waals surface area contributed by atoms with Crippen LogP contribution >= 0.6 is 0 Å². The van der Waals surface area contributed by atoms with Crippen LogP contribution in [0, 0.1) is 19.8 Å². The summed E-state index contributed by atoms with van der Waals surface area (Å²) in [5.74, 6) is 0.959. The van der Waals surface area contributed by atoms with Gasteiger partial charge in [-0.15, -0.1) is 0 Å². The summed E-state index contributed by atoms with van der Waals surface area (Å²) < 4.78 is 5.73. The van der Waals surface area contributed by atoms with Crippen molar-refractivity contribution in [2.45, 2.75) is 39.7 Å². The van der Waals surface area contributed by atoms with Crippen molar-refractivity contribution in [2.24, 2.45) is 5.92 Å². The van der Waals surface area contributed by atoms with E-state index in [4.69, 9.17) is 4.74 Å². The Morgan fingerprint density at radius 2 is 1.76 bits per heavy atom. The topological polar surface area (TPSA) is 58.6 Å². The summed E-state index contributed by atoms with van der Waals surface area (Å²) in [5, 5.41) is 3.01. The summed E-state index contributed by atoms with van der Waals surface area (Å²) >= 11 is 0. The number of nitrogens with zero attached hydrogens (tertiary/aromatic N) is 1. The second-order valence-corrected chi connectivity index (χ2v) is 7.70. The van der Waals surface area contributed by atoms with Crippen LogP contribution in [-0.4, -0.2) is 36.4 Å². The molecule has 5 nitrogen and oxygen atoms in total. The molecular formula is C24H30N2O3. The van der Waals surface area contributed by atoms with Crippen molar-refractivity contribution >= 4 is 11.8 Å². The van der Waals surface area contributed by atoms with Gasteiger partial charge in [0.2, 0.25) is 11.8 Å². The summed E-state index contributed by atoms with van der Waals surface area (Å²) in [7, 11) is 0. The van der Waals surface area contributed by atoms with Crippen LogP contribution in [0.3, 0.4) is 0 Å². The molecular weight excluding hydrogens is 364 g/mol. The summed E-state index contributed by atoms with van der Waals surface area (Å²) in [4.78, 5) is 26.7. The zero-order valence-corrected chi connectivity index (χ0v) is 17.3. The van der Waals surface area contributed by atoms with Crippen molar-refractivity contribution < 1.29 is 14.3 Å². The van der Waals surface area contributed by atoms with Crippen molar-refractivity contribution in [3.8, 4) is 5.75 Å². The molecule has 1 heterocycles. The number of nitrogens with one attached hydrogen (secondary N) is 1. The van der Waals surface area contributed by atoms with Gasteiger partial charge in [0.1, 0.15) is 5.75 Å². The van der Waals surface area contributed by atoms with Crippen molar-refractivity contribution in [1.29, 1.82) is 0 Å². The van der Waals surface area contributed by atoms with E-state index >= 15 is 0 Å². The molecule has 1 saturated heterocycles. The van der Waals surface area contributed by atoms with E-state index in [1.807, 2.05) is 60.4 Å². The molecule has 1 aliphatic heterocycles. The third kappa shape index (κ3) is 6.08. The molecule has 2 aromatic carbocycles. The second-order valence-electron chi connectivity index (χ2n) is 7.70. The number of amides is 2. The van der Waals surface area contributed by atoms with E-state index in [0.29, 0.717) is 45.5 Å². The Balaban J connectivity index is 1.36. The number of hydrogen-bond acceptors (Lipinski definition) is 3. The molecule has 5 heteroatoms. The maximum Gasteiger partial charge on any atom is 0.225 e. The van der Waals surface area contributed by atoms with Crippen LogP contribution in [0.5, 0.6) is 5.75 Å². The quantitative estimate of drug-likeness (QED) is 0.780. The molecule has 0 saturated carbocycles. The molecule has 0 radical (unpaired) electrons. The number of carbonyl (C=O) groups excluding carboxylic acids is 2. The number of benzene rings is 2. The van der Waals surface area contributed by atoms with Gasteiger partial charge in [0.15, 0.2) is 0 Å². The van der Waals surface area contributed by atoms with E-state index in [1.54, 1.807) is 0 Å². The number of carbonyl (C=O) groups is 2. The molecule has 0 aromatic heterocycles. The van der Waals surface area contributed by atoms with E-state index in [2.05, 4.69) is 12.2 Å². The third-order valence-corrected chi connectivity index (χ3v) is 5.59. The van der Waals surface area contributed by atoms with Crippen molar-refractivity contribution in [3.63, 3.8) is 0 Å². The first kappa shape index (κ1) is 20.9. The molecule has 154 valence electrons. The Kier molecular flexibility index (Phi) is 7.28. The smallest absolute Gasteiger partial charge is 0.225 e. The van der Waals surface area contributed by atoms with Crippen LogP contribution in [0.1, 0.15) is 36.0 Å². The van der Waals surface area contributed by atoms with Crippen LogP contribution < -0.4 is 10.1 Å². The van der Waals surface area contributed by atoms with Gasteiger partial charge in [-0.1, -0.05) is 36.4 Å². The Morgan fingerprint density at radius 1 is 1.03 bits per heavy atom. The lowest BCUT2D eigenvalue weighted by molar-refractivity contribution is -0.136. The predicted molar refractivity (Wildman–Crippen MR) is 114 cm³/mol. The first-order valence-corrected chi connectivity index (χ1v) is 10.3. The molecule has 0 bridgehead atoms. The Hall–Kier alpha value is -2.82. The van der Waals surface area contributed by atoms with E-state index in [-0.39, 0.29) is 17.7 Å². The molecule has 1 fully saturated rings. The highest BCUT2D eigenvalue weighted by molar-refractivity contribution is 5.80. The van der Waals surface area contributed by atoms with Gasteiger partial charge in [-0.2, -0.15) is 0 Å². The lowest BCUT2D eigenvalue weighted by Crippen LogP contribution is -2.43.